The van der Waals surface area contributed by atoms with Gasteiger partial charge in [-0.1, -0.05) is 55.8 Å². The van der Waals surface area contributed by atoms with Crippen molar-refractivity contribution in [1.82, 2.24) is 0 Å². The minimum absolute atomic E-state index is 0.0162. The average Bonchev–Trinajstić information content (AvgIpc) is 3.48. The summed E-state index contributed by atoms with van der Waals surface area (Å²) in [4.78, 5) is 11.1. The third-order valence-corrected chi connectivity index (χ3v) is 10.6. The number of allylic oxidation sites excluding steroid dienone is 2. The number of ether oxygens (including phenoxy) is 8. The van der Waals surface area contributed by atoms with Gasteiger partial charge in [0.15, 0.2) is 18.9 Å². The normalized spacial score (nSPS) is 29.7. The van der Waals surface area contributed by atoms with E-state index in [1.165, 1.54) is 6.92 Å². The molecule has 9 heteroatoms. The Hall–Kier alpha value is -2.27. The minimum atomic E-state index is -0.295. The van der Waals surface area contributed by atoms with Crippen molar-refractivity contribution in [3.05, 3.63) is 54.6 Å². The first kappa shape index (κ1) is 40.9. The molecule has 5 rings (SSSR count). The molecule has 0 aromatic heterocycles. The Morgan fingerprint density at radius 1 is 0.827 bits per heavy atom. The maximum atomic E-state index is 11.1. The zero-order chi connectivity index (χ0) is 36.2. The Morgan fingerprint density at radius 3 is 2.13 bits per heavy atom. The zero-order valence-corrected chi connectivity index (χ0v) is 31.9. The molecule has 0 spiro atoms. The average molecular weight is 727 g/mol. The molecule has 1 aliphatic carbocycles. The van der Waals surface area contributed by atoms with Crippen LogP contribution in [0.3, 0.4) is 0 Å². The molecule has 292 valence electrons. The van der Waals surface area contributed by atoms with Gasteiger partial charge in [-0.2, -0.15) is 0 Å². The van der Waals surface area contributed by atoms with Gasteiger partial charge in [-0.3, -0.25) is 4.79 Å². The van der Waals surface area contributed by atoms with Crippen molar-refractivity contribution in [1.29, 1.82) is 0 Å². The summed E-state index contributed by atoms with van der Waals surface area (Å²) in [6.45, 7) is 6.36. The predicted molar refractivity (Wildman–Crippen MR) is 201 cm³/mol. The number of carbonyl (C=O) groups excluding carboxylic acids is 1. The highest BCUT2D eigenvalue weighted by Crippen LogP contribution is 2.42. The quantitative estimate of drug-likeness (QED) is 0.0699. The monoisotopic (exact) mass is 726 g/mol. The molecular weight excluding hydrogens is 660 g/mol. The van der Waals surface area contributed by atoms with Gasteiger partial charge in [0, 0.05) is 39.1 Å². The van der Waals surface area contributed by atoms with Crippen LogP contribution in [0, 0.1) is 11.8 Å². The highest BCUT2D eigenvalue weighted by Gasteiger charge is 2.45. The van der Waals surface area contributed by atoms with E-state index in [1.807, 2.05) is 30.3 Å². The highest BCUT2D eigenvalue weighted by molar-refractivity contribution is 5.65. The van der Waals surface area contributed by atoms with Crippen LogP contribution in [0.5, 0.6) is 5.75 Å². The molecule has 3 saturated heterocycles. The van der Waals surface area contributed by atoms with Crippen LogP contribution >= 0.6 is 0 Å². The van der Waals surface area contributed by atoms with Gasteiger partial charge in [0.2, 0.25) is 0 Å². The summed E-state index contributed by atoms with van der Waals surface area (Å²) in [6, 6.07) is 10.1. The maximum absolute atomic E-state index is 11.1. The number of esters is 1. The molecule has 4 fully saturated rings. The van der Waals surface area contributed by atoms with Gasteiger partial charge in [0.1, 0.15) is 18.0 Å². The molecule has 4 aliphatic rings. The van der Waals surface area contributed by atoms with Crippen LogP contribution in [-0.2, 0) is 38.0 Å². The Bertz CT molecular complexity index is 1160. The van der Waals surface area contributed by atoms with E-state index in [0.29, 0.717) is 6.61 Å². The Balaban J connectivity index is 1.39. The molecule has 0 N–H and O–H groups in total. The van der Waals surface area contributed by atoms with E-state index in [9.17, 15) is 4.79 Å². The Kier molecular flexibility index (Phi) is 18.5. The molecule has 0 bridgehead atoms. The van der Waals surface area contributed by atoms with E-state index in [4.69, 9.17) is 37.9 Å². The molecule has 3 aliphatic heterocycles. The second-order valence-electron chi connectivity index (χ2n) is 14.9. The molecule has 0 radical (unpaired) electrons. The van der Waals surface area contributed by atoms with Crippen LogP contribution in [0.1, 0.15) is 123 Å². The SMILES string of the molecule is CCCCC(Oc1ccccc1)[C@@H](/C=C/[C@@H]1[C@@H](C/C=C\CCCCOC(C)=O)[C@@H](OC2CCCCO2)C[C@H]1OC1CCCCO1)OC1CCCCO1. The third kappa shape index (κ3) is 14.2. The minimum Gasteiger partial charge on any atom is -0.487 e. The number of carbonyl (C=O) groups is 1. The number of hydrogen-bond donors (Lipinski definition) is 0. The summed E-state index contributed by atoms with van der Waals surface area (Å²) in [5, 5.41) is 0. The van der Waals surface area contributed by atoms with E-state index in [0.717, 1.165) is 135 Å². The van der Waals surface area contributed by atoms with Crippen molar-refractivity contribution >= 4 is 5.97 Å². The van der Waals surface area contributed by atoms with Gasteiger partial charge in [0.05, 0.1) is 18.8 Å². The van der Waals surface area contributed by atoms with Crippen molar-refractivity contribution in [3.8, 4) is 5.75 Å². The van der Waals surface area contributed by atoms with Crippen LogP contribution in [0.25, 0.3) is 0 Å². The molecule has 1 aromatic rings. The lowest BCUT2D eigenvalue weighted by Gasteiger charge is -2.32. The number of benzene rings is 1. The summed E-state index contributed by atoms with van der Waals surface area (Å²) in [7, 11) is 0. The third-order valence-electron chi connectivity index (χ3n) is 10.6. The lowest BCUT2D eigenvalue weighted by Crippen LogP contribution is -2.38. The first-order valence-electron chi connectivity index (χ1n) is 20.6. The van der Waals surface area contributed by atoms with E-state index in [2.05, 4.69) is 31.2 Å². The molecule has 3 heterocycles. The van der Waals surface area contributed by atoms with Crippen molar-refractivity contribution in [3.63, 3.8) is 0 Å². The second kappa shape index (κ2) is 23.5. The van der Waals surface area contributed by atoms with Gasteiger partial charge >= 0.3 is 5.97 Å². The van der Waals surface area contributed by atoms with Crippen LogP contribution < -0.4 is 4.74 Å². The topological polar surface area (TPSA) is 90.9 Å². The molecule has 9 atom stereocenters. The van der Waals surface area contributed by atoms with Crippen molar-refractivity contribution in [2.45, 2.75) is 166 Å². The molecule has 0 amide bonds. The second-order valence-corrected chi connectivity index (χ2v) is 14.9. The predicted octanol–water partition coefficient (Wildman–Crippen LogP) is 9.23. The first-order valence-corrected chi connectivity index (χ1v) is 20.6. The van der Waals surface area contributed by atoms with Gasteiger partial charge in [0.25, 0.3) is 0 Å². The fourth-order valence-corrected chi connectivity index (χ4v) is 7.80. The largest absolute Gasteiger partial charge is 0.487 e. The van der Waals surface area contributed by atoms with Crippen molar-refractivity contribution < 1.29 is 42.7 Å². The van der Waals surface area contributed by atoms with Gasteiger partial charge in [-0.05, 0) is 114 Å². The van der Waals surface area contributed by atoms with E-state index >= 15 is 0 Å². The molecule has 52 heavy (non-hydrogen) atoms. The smallest absolute Gasteiger partial charge is 0.302 e. The standard InChI is InChI=1S/C43H66O9/c1-3-4-22-37(49-34-19-9-8-10-20-34)38(50-41-23-12-16-29-46-41)27-26-36-35(21-11-6-5-7-15-28-45-33(2)44)39(51-42-24-13-17-30-47-42)32-40(36)52-43-25-14-18-31-48-43/h6,8-11,19-20,26-27,35-43H,3-5,7,12-18,21-25,28-32H2,1-2H3/b11-6-,27-26+/t35-,36-,37?,38-,39+,40-,41?,42?,43?/m1/s1. The zero-order valence-electron chi connectivity index (χ0n) is 31.9. The molecular formula is C43H66O9. The van der Waals surface area contributed by atoms with Crippen LogP contribution in [0.4, 0.5) is 0 Å². The van der Waals surface area contributed by atoms with Crippen LogP contribution in [-0.4, -0.2) is 75.7 Å². The Labute approximate surface area is 313 Å². The van der Waals surface area contributed by atoms with Crippen LogP contribution in [0.15, 0.2) is 54.6 Å². The summed E-state index contributed by atoms with van der Waals surface area (Å²) in [5.74, 6) is 0.892. The molecule has 4 unspecified atom stereocenters. The van der Waals surface area contributed by atoms with Gasteiger partial charge < -0.3 is 37.9 Å². The Morgan fingerprint density at radius 2 is 1.50 bits per heavy atom. The molecule has 1 aromatic carbocycles. The summed E-state index contributed by atoms with van der Waals surface area (Å²) in [6.07, 6.45) is 24.7. The van der Waals surface area contributed by atoms with E-state index < -0.39 is 0 Å². The highest BCUT2D eigenvalue weighted by atomic mass is 16.7. The number of hydrogen-bond acceptors (Lipinski definition) is 9. The first-order chi connectivity index (χ1) is 25.6. The van der Waals surface area contributed by atoms with E-state index in [-0.39, 0.29) is 61.1 Å². The van der Waals surface area contributed by atoms with Crippen molar-refractivity contribution in [2.24, 2.45) is 11.8 Å². The lowest BCUT2D eigenvalue weighted by atomic mass is 9.89. The summed E-state index contributed by atoms with van der Waals surface area (Å²) < 4.78 is 50.7. The summed E-state index contributed by atoms with van der Waals surface area (Å²) in [5.41, 5.74) is 0. The molecule has 9 nitrogen and oxygen atoms in total. The fourth-order valence-electron chi connectivity index (χ4n) is 7.80. The van der Waals surface area contributed by atoms with Gasteiger partial charge in [-0.25, -0.2) is 0 Å². The number of para-hydroxylation sites is 1. The number of rotatable bonds is 21. The molecule has 1 saturated carbocycles. The van der Waals surface area contributed by atoms with E-state index in [1.54, 1.807) is 0 Å². The maximum Gasteiger partial charge on any atom is 0.302 e. The lowest BCUT2D eigenvalue weighted by molar-refractivity contribution is -0.203. The van der Waals surface area contributed by atoms with Crippen molar-refractivity contribution in [2.75, 3.05) is 26.4 Å². The van der Waals surface area contributed by atoms with Gasteiger partial charge in [-0.15, -0.1) is 0 Å². The fraction of sp³-hybridized carbons (Fsp3) is 0.744. The summed E-state index contributed by atoms with van der Waals surface area (Å²) >= 11 is 0. The van der Waals surface area contributed by atoms with Crippen LogP contribution in [0.2, 0.25) is 0 Å². The number of unbranched alkanes of at least 4 members (excludes halogenated alkanes) is 3.